The Balaban J connectivity index is 1.73. The topological polar surface area (TPSA) is 79.0 Å². The monoisotopic (exact) mass is 353 g/mol. The van der Waals surface area contributed by atoms with Gasteiger partial charge in [-0.1, -0.05) is 18.2 Å². The van der Waals surface area contributed by atoms with Gasteiger partial charge in [-0.25, -0.2) is 0 Å². The Hall–Kier alpha value is -3.35. The third-order valence-electron chi connectivity index (χ3n) is 3.91. The Labute approximate surface area is 151 Å². The number of fused-ring (bicyclic) bond motifs is 1. The fourth-order valence-electron chi connectivity index (χ4n) is 2.66. The second-order valence-electron chi connectivity index (χ2n) is 6.06. The zero-order chi connectivity index (χ0) is 18.7. The zero-order valence-corrected chi connectivity index (χ0v) is 14.6. The van der Waals surface area contributed by atoms with Crippen LogP contribution in [0.1, 0.15) is 10.4 Å². The first-order valence-electron chi connectivity index (χ1n) is 8.09. The highest BCUT2D eigenvalue weighted by molar-refractivity contribution is 6.05. The third-order valence-corrected chi connectivity index (χ3v) is 3.91. The number of carbonyl (C=O) groups excluding carboxylic acids is 3. The van der Waals surface area contributed by atoms with Crippen molar-refractivity contribution in [2.24, 2.45) is 0 Å². The molecule has 0 aromatic heterocycles. The van der Waals surface area contributed by atoms with E-state index in [2.05, 4.69) is 5.32 Å². The van der Waals surface area contributed by atoms with Crippen molar-refractivity contribution >= 4 is 29.1 Å². The minimum absolute atomic E-state index is 0.100. The Morgan fingerprint density at radius 2 is 1.92 bits per heavy atom. The number of nitrogens with zero attached hydrogens (tertiary/aromatic N) is 2. The third kappa shape index (κ3) is 3.66. The molecule has 26 heavy (non-hydrogen) atoms. The molecule has 7 heteroatoms. The fraction of sp³-hybridized carbons (Fsp3) is 0.211. The number of anilines is 2. The van der Waals surface area contributed by atoms with E-state index in [1.165, 1.54) is 9.80 Å². The summed E-state index contributed by atoms with van der Waals surface area (Å²) in [5.41, 5.74) is 1.53. The standard InChI is InChI=1S/C19H19N3O4/c1-21(2)19(25)13-6-5-7-14(10-13)20-17(23)11-22-15-8-3-4-9-16(15)26-12-18(22)24/h3-10H,11-12H2,1-2H3,(H,20,23). The maximum Gasteiger partial charge on any atom is 0.265 e. The van der Waals surface area contributed by atoms with Crippen molar-refractivity contribution in [3.8, 4) is 5.75 Å². The Kier molecular flexibility index (Phi) is 4.88. The van der Waals surface area contributed by atoms with Crippen LogP contribution in [0.3, 0.4) is 0 Å². The number of hydrogen-bond donors (Lipinski definition) is 1. The lowest BCUT2D eigenvalue weighted by Gasteiger charge is -2.28. The second kappa shape index (κ2) is 7.26. The van der Waals surface area contributed by atoms with Crippen molar-refractivity contribution in [1.29, 1.82) is 0 Å². The number of carbonyl (C=O) groups is 3. The number of rotatable bonds is 4. The van der Waals surface area contributed by atoms with Crippen molar-refractivity contribution in [2.45, 2.75) is 0 Å². The highest BCUT2D eigenvalue weighted by Gasteiger charge is 2.27. The maximum absolute atomic E-state index is 12.4. The van der Waals surface area contributed by atoms with Crippen LogP contribution in [0.2, 0.25) is 0 Å². The van der Waals surface area contributed by atoms with Gasteiger partial charge in [-0.05, 0) is 30.3 Å². The van der Waals surface area contributed by atoms with E-state index in [9.17, 15) is 14.4 Å². The molecule has 0 saturated carbocycles. The number of hydrogen-bond acceptors (Lipinski definition) is 4. The first kappa shape index (κ1) is 17.5. The summed E-state index contributed by atoms with van der Waals surface area (Å²) in [4.78, 5) is 39.4. The summed E-state index contributed by atoms with van der Waals surface area (Å²) < 4.78 is 5.37. The van der Waals surface area contributed by atoms with Gasteiger partial charge >= 0.3 is 0 Å². The molecule has 0 bridgehead atoms. The van der Waals surface area contributed by atoms with Gasteiger partial charge < -0.3 is 15.0 Å². The smallest absolute Gasteiger partial charge is 0.265 e. The molecule has 0 aliphatic carbocycles. The van der Waals surface area contributed by atoms with Gasteiger partial charge in [0.2, 0.25) is 5.91 Å². The zero-order valence-electron chi connectivity index (χ0n) is 14.6. The quantitative estimate of drug-likeness (QED) is 0.908. The lowest BCUT2D eigenvalue weighted by atomic mass is 10.2. The van der Waals surface area contributed by atoms with Gasteiger partial charge in [0.1, 0.15) is 12.3 Å². The van der Waals surface area contributed by atoms with Gasteiger partial charge in [0, 0.05) is 25.3 Å². The molecule has 1 aliphatic heterocycles. The molecule has 0 radical (unpaired) electrons. The van der Waals surface area contributed by atoms with E-state index in [0.29, 0.717) is 22.7 Å². The number of para-hydroxylation sites is 2. The number of nitrogens with one attached hydrogen (secondary N) is 1. The Bertz CT molecular complexity index is 863. The van der Waals surface area contributed by atoms with E-state index in [4.69, 9.17) is 4.74 Å². The molecule has 0 atom stereocenters. The van der Waals surface area contributed by atoms with E-state index in [0.717, 1.165) is 0 Å². The number of ether oxygens (including phenoxy) is 1. The van der Waals surface area contributed by atoms with Crippen molar-refractivity contribution in [3.05, 3.63) is 54.1 Å². The highest BCUT2D eigenvalue weighted by Crippen LogP contribution is 2.31. The molecular formula is C19H19N3O4. The lowest BCUT2D eigenvalue weighted by molar-refractivity contribution is -0.123. The molecule has 3 amide bonds. The molecule has 7 nitrogen and oxygen atoms in total. The normalized spacial score (nSPS) is 12.8. The molecular weight excluding hydrogens is 334 g/mol. The van der Waals surface area contributed by atoms with Crippen LogP contribution in [0, 0.1) is 0 Å². The average Bonchev–Trinajstić information content (AvgIpc) is 2.63. The molecule has 0 saturated heterocycles. The van der Waals surface area contributed by atoms with Gasteiger partial charge in [0.25, 0.3) is 11.8 Å². The van der Waals surface area contributed by atoms with Crippen LogP contribution in [0.5, 0.6) is 5.75 Å². The van der Waals surface area contributed by atoms with Gasteiger partial charge in [-0.2, -0.15) is 0 Å². The summed E-state index contributed by atoms with van der Waals surface area (Å²) >= 11 is 0. The minimum atomic E-state index is -0.357. The van der Waals surface area contributed by atoms with E-state index in [-0.39, 0.29) is 30.9 Å². The van der Waals surface area contributed by atoms with Crippen LogP contribution >= 0.6 is 0 Å². The molecule has 1 N–H and O–H groups in total. The van der Waals surface area contributed by atoms with Gasteiger partial charge in [-0.15, -0.1) is 0 Å². The summed E-state index contributed by atoms with van der Waals surface area (Å²) in [6, 6.07) is 13.7. The minimum Gasteiger partial charge on any atom is -0.482 e. The summed E-state index contributed by atoms with van der Waals surface area (Å²) in [6.07, 6.45) is 0. The van der Waals surface area contributed by atoms with Gasteiger partial charge in [0.15, 0.2) is 6.61 Å². The van der Waals surface area contributed by atoms with Crippen LogP contribution in [0.4, 0.5) is 11.4 Å². The lowest BCUT2D eigenvalue weighted by Crippen LogP contribution is -2.43. The molecule has 0 unspecified atom stereocenters. The van der Waals surface area contributed by atoms with Gasteiger partial charge in [0.05, 0.1) is 5.69 Å². The van der Waals surface area contributed by atoms with Crippen LogP contribution in [0.25, 0.3) is 0 Å². The molecule has 2 aromatic rings. The number of amides is 3. The van der Waals surface area contributed by atoms with Crippen molar-refractivity contribution < 1.29 is 19.1 Å². The summed E-state index contributed by atoms with van der Waals surface area (Å²) in [5, 5.41) is 2.73. The Morgan fingerprint density at radius 1 is 1.15 bits per heavy atom. The van der Waals surface area contributed by atoms with Crippen molar-refractivity contribution in [1.82, 2.24) is 4.90 Å². The molecule has 2 aromatic carbocycles. The van der Waals surface area contributed by atoms with E-state index in [1.54, 1.807) is 62.6 Å². The first-order chi connectivity index (χ1) is 12.5. The van der Waals surface area contributed by atoms with Crippen LogP contribution in [0.15, 0.2) is 48.5 Å². The highest BCUT2D eigenvalue weighted by atomic mass is 16.5. The summed E-state index contributed by atoms with van der Waals surface area (Å²) in [7, 11) is 3.32. The molecule has 1 heterocycles. The molecule has 0 fully saturated rings. The second-order valence-corrected chi connectivity index (χ2v) is 6.06. The maximum atomic E-state index is 12.4. The average molecular weight is 353 g/mol. The molecule has 3 rings (SSSR count). The van der Waals surface area contributed by atoms with Gasteiger partial charge in [-0.3, -0.25) is 19.3 Å². The van der Waals surface area contributed by atoms with Crippen LogP contribution < -0.4 is 15.0 Å². The van der Waals surface area contributed by atoms with E-state index < -0.39 is 0 Å². The summed E-state index contributed by atoms with van der Waals surface area (Å²) in [6.45, 7) is -0.234. The van der Waals surface area contributed by atoms with E-state index >= 15 is 0 Å². The molecule has 0 spiro atoms. The summed E-state index contributed by atoms with van der Waals surface area (Å²) in [5.74, 6) is -0.225. The Morgan fingerprint density at radius 3 is 2.69 bits per heavy atom. The molecule has 134 valence electrons. The largest absolute Gasteiger partial charge is 0.482 e. The first-order valence-corrected chi connectivity index (χ1v) is 8.09. The van der Waals surface area contributed by atoms with Crippen LogP contribution in [-0.2, 0) is 9.59 Å². The van der Waals surface area contributed by atoms with E-state index in [1.807, 2.05) is 0 Å². The van der Waals surface area contributed by atoms with Crippen molar-refractivity contribution in [2.75, 3.05) is 37.5 Å². The number of benzene rings is 2. The van der Waals surface area contributed by atoms with Crippen LogP contribution in [-0.4, -0.2) is 49.9 Å². The molecule has 1 aliphatic rings. The predicted octanol–water partition coefficient (Wildman–Crippen LogP) is 1.75. The van der Waals surface area contributed by atoms with Crippen molar-refractivity contribution in [3.63, 3.8) is 0 Å². The predicted molar refractivity (Wildman–Crippen MR) is 97.4 cm³/mol. The fourth-order valence-corrected chi connectivity index (χ4v) is 2.66. The SMILES string of the molecule is CN(C)C(=O)c1cccc(NC(=O)CN2C(=O)COc3ccccc32)c1.